The van der Waals surface area contributed by atoms with Crippen molar-refractivity contribution in [2.45, 2.75) is 6.92 Å². The van der Waals surface area contributed by atoms with Crippen molar-refractivity contribution in [1.29, 1.82) is 0 Å². The predicted octanol–water partition coefficient (Wildman–Crippen LogP) is 5.45. The Morgan fingerprint density at radius 2 is 1.69 bits per heavy atom. The van der Waals surface area contributed by atoms with Crippen LogP contribution in [0.2, 0.25) is 0 Å². The van der Waals surface area contributed by atoms with E-state index in [1.807, 2.05) is 67.6 Å². The Morgan fingerprint density at radius 3 is 2.50 bits per heavy atom. The number of urea groups is 1. The fraction of sp³-hybridized carbons (Fsp3) is 0.0476. The number of para-hydroxylation sites is 1. The average molecular weight is 343 g/mol. The lowest BCUT2D eigenvalue weighted by atomic mass is 10.2. The van der Waals surface area contributed by atoms with E-state index in [4.69, 9.17) is 4.42 Å². The summed E-state index contributed by atoms with van der Waals surface area (Å²) in [5, 5.41) is 5.66. The van der Waals surface area contributed by atoms with E-state index in [1.54, 1.807) is 12.1 Å². The minimum absolute atomic E-state index is 0.304. The smallest absolute Gasteiger partial charge is 0.323 e. The molecule has 2 N–H and O–H groups in total. The van der Waals surface area contributed by atoms with Crippen molar-refractivity contribution in [2.75, 3.05) is 10.6 Å². The monoisotopic (exact) mass is 343 g/mol. The minimum Gasteiger partial charge on any atom is -0.436 e. The Hall–Kier alpha value is -3.60. The number of nitrogens with zero attached hydrogens (tertiary/aromatic N) is 1. The number of aromatic nitrogens is 1. The van der Waals surface area contributed by atoms with Gasteiger partial charge in [0, 0.05) is 23.0 Å². The number of oxazole rings is 1. The molecule has 128 valence electrons. The molecule has 0 unspecified atom stereocenters. The molecule has 1 aromatic heterocycles. The summed E-state index contributed by atoms with van der Waals surface area (Å²) in [6, 6.07) is 22.4. The summed E-state index contributed by atoms with van der Waals surface area (Å²) < 4.78 is 5.83. The van der Waals surface area contributed by atoms with Crippen LogP contribution in [0.1, 0.15) is 5.56 Å². The lowest BCUT2D eigenvalue weighted by Gasteiger charge is -2.09. The molecule has 0 spiro atoms. The molecule has 0 radical (unpaired) electrons. The minimum atomic E-state index is -0.304. The van der Waals surface area contributed by atoms with E-state index < -0.39 is 0 Å². The third-order valence-electron chi connectivity index (χ3n) is 4.06. The lowest BCUT2D eigenvalue weighted by Crippen LogP contribution is -2.19. The third-order valence-corrected chi connectivity index (χ3v) is 4.06. The fourth-order valence-electron chi connectivity index (χ4n) is 2.70. The van der Waals surface area contributed by atoms with E-state index in [1.165, 1.54) is 0 Å². The number of aryl methyl sites for hydroxylation is 1. The van der Waals surface area contributed by atoms with Gasteiger partial charge in [-0.25, -0.2) is 9.78 Å². The molecule has 0 aliphatic carbocycles. The van der Waals surface area contributed by atoms with Crippen molar-refractivity contribution >= 4 is 28.5 Å². The summed E-state index contributed by atoms with van der Waals surface area (Å²) in [6.45, 7) is 1.95. The van der Waals surface area contributed by atoms with Gasteiger partial charge < -0.3 is 15.1 Å². The van der Waals surface area contributed by atoms with E-state index >= 15 is 0 Å². The number of fused-ring (bicyclic) bond motifs is 1. The second-order valence-electron chi connectivity index (χ2n) is 5.96. The second kappa shape index (κ2) is 6.72. The molecule has 5 heteroatoms. The van der Waals surface area contributed by atoms with Crippen molar-refractivity contribution in [3.8, 4) is 11.5 Å². The van der Waals surface area contributed by atoms with Gasteiger partial charge in [0.25, 0.3) is 0 Å². The SMILES string of the molecule is Cc1ccccc1NC(=O)Nc1ccc2nc(-c3ccccc3)oc2c1. The highest BCUT2D eigenvalue weighted by molar-refractivity contribution is 6.01. The summed E-state index contributed by atoms with van der Waals surface area (Å²) in [7, 11) is 0. The summed E-state index contributed by atoms with van der Waals surface area (Å²) in [5.41, 5.74) is 4.69. The number of hydrogen-bond acceptors (Lipinski definition) is 3. The molecule has 5 nitrogen and oxygen atoms in total. The van der Waals surface area contributed by atoms with E-state index in [-0.39, 0.29) is 6.03 Å². The van der Waals surface area contributed by atoms with Gasteiger partial charge in [-0.3, -0.25) is 0 Å². The van der Waals surface area contributed by atoms with E-state index in [9.17, 15) is 4.79 Å². The zero-order chi connectivity index (χ0) is 17.9. The van der Waals surface area contributed by atoms with Gasteiger partial charge in [-0.1, -0.05) is 36.4 Å². The third kappa shape index (κ3) is 3.28. The predicted molar refractivity (Wildman–Crippen MR) is 103 cm³/mol. The second-order valence-corrected chi connectivity index (χ2v) is 5.96. The summed E-state index contributed by atoms with van der Waals surface area (Å²) in [5.74, 6) is 0.558. The maximum atomic E-state index is 12.2. The maximum absolute atomic E-state index is 12.2. The molecule has 3 aromatic carbocycles. The molecule has 0 saturated heterocycles. The molecule has 0 atom stereocenters. The molecule has 0 fully saturated rings. The largest absolute Gasteiger partial charge is 0.436 e. The van der Waals surface area contributed by atoms with Crippen molar-refractivity contribution in [2.24, 2.45) is 0 Å². The Kier molecular flexibility index (Phi) is 4.11. The number of benzene rings is 3. The maximum Gasteiger partial charge on any atom is 0.323 e. The van der Waals surface area contributed by atoms with Crippen molar-refractivity contribution in [3.63, 3.8) is 0 Å². The summed E-state index contributed by atoms with van der Waals surface area (Å²) >= 11 is 0. The first-order valence-electron chi connectivity index (χ1n) is 8.29. The van der Waals surface area contributed by atoms with Crippen LogP contribution in [0.3, 0.4) is 0 Å². The van der Waals surface area contributed by atoms with E-state index in [0.717, 1.165) is 22.3 Å². The average Bonchev–Trinajstić information content (AvgIpc) is 3.08. The van der Waals surface area contributed by atoms with Gasteiger partial charge in [0.05, 0.1) is 0 Å². The van der Waals surface area contributed by atoms with Gasteiger partial charge in [-0.15, -0.1) is 0 Å². The molecule has 0 bridgehead atoms. The Morgan fingerprint density at radius 1 is 0.923 bits per heavy atom. The molecule has 2 amide bonds. The molecule has 0 aliphatic rings. The number of amides is 2. The van der Waals surface area contributed by atoms with Crippen LogP contribution in [0.15, 0.2) is 77.2 Å². The number of carbonyl (C=O) groups excluding carboxylic acids is 1. The molecule has 0 saturated carbocycles. The lowest BCUT2D eigenvalue weighted by molar-refractivity contribution is 0.262. The van der Waals surface area contributed by atoms with E-state index in [2.05, 4.69) is 15.6 Å². The highest BCUT2D eigenvalue weighted by atomic mass is 16.3. The Balaban J connectivity index is 1.54. The van der Waals surface area contributed by atoms with Crippen LogP contribution in [0, 0.1) is 6.92 Å². The van der Waals surface area contributed by atoms with Gasteiger partial charge >= 0.3 is 6.03 Å². The molecule has 4 aromatic rings. The highest BCUT2D eigenvalue weighted by Crippen LogP contribution is 2.26. The number of anilines is 2. The van der Waals surface area contributed by atoms with E-state index in [0.29, 0.717) is 17.2 Å². The molecular weight excluding hydrogens is 326 g/mol. The van der Waals surface area contributed by atoms with Crippen LogP contribution in [0.5, 0.6) is 0 Å². The molecule has 4 rings (SSSR count). The number of rotatable bonds is 3. The summed E-state index contributed by atoms with van der Waals surface area (Å²) in [6.07, 6.45) is 0. The van der Waals surface area contributed by atoms with Crippen LogP contribution < -0.4 is 10.6 Å². The topological polar surface area (TPSA) is 67.2 Å². The first kappa shape index (κ1) is 15.9. The zero-order valence-corrected chi connectivity index (χ0v) is 14.2. The zero-order valence-electron chi connectivity index (χ0n) is 14.2. The molecular formula is C21H17N3O2. The molecule has 26 heavy (non-hydrogen) atoms. The Labute approximate surface area is 150 Å². The van der Waals surface area contributed by atoms with Gasteiger partial charge in [0.2, 0.25) is 5.89 Å². The van der Waals surface area contributed by atoms with Crippen molar-refractivity contribution in [3.05, 3.63) is 78.4 Å². The van der Waals surface area contributed by atoms with Crippen molar-refractivity contribution in [1.82, 2.24) is 4.98 Å². The van der Waals surface area contributed by atoms with Crippen LogP contribution in [-0.4, -0.2) is 11.0 Å². The van der Waals surface area contributed by atoms with Gasteiger partial charge in [0.15, 0.2) is 5.58 Å². The molecule has 1 heterocycles. The quantitative estimate of drug-likeness (QED) is 0.520. The van der Waals surface area contributed by atoms with Crippen LogP contribution in [0.25, 0.3) is 22.6 Å². The first-order valence-corrected chi connectivity index (χ1v) is 8.29. The highest BCUT2D eigenvalue weighted by Gasteiger charge is 2.10. The number of hydrogen-bond donors (Lipinski definition) is 2. The fourth-order valence-corrected chi connectivity index (χ4v) is 2.70. The number of carbonyl (C=O) groups is 1. The molecule has 0 aliphatic heterocycles. The van der Waals surface area contributed by atoms with Crippen LogP contribution in [-0.2, 0) is 0 Å². The summed E-state index contributed by atoms with van der Waals surface area (Å²) in [4.78, 5) is 16.7. The normalized spacial score (nSPS) is 10.7. The van der Waals surface area contributed by atoms with Gasteiger partial charge in [-0.05, 0) is 42.8 Å². The number of nitrogens with one attached hydrogen (secondary N) is 2. The first-order chi connectivity index (χ1) is 12.7. The Bertz CT molecular complexity index is 1070. The standard InChI is InChI=1S/C21H17N3O2/c1-14-7-5-6-10-17(14)24-21(25)22-16-11-12-18-19(13-16)26-20(23-18)15-8-3-2-4-9-15/h2-13H,1H3,(H2,22,24,25). The van der Waals surface area contributed by atoms with Crippen LogP contribution >= 0.6 is 0 Å². The van der Waals surface area contributed by atoms with Gasteiger partial charge in [-0.2, -0.15) is 0 Å². The van der Waals surface area contributed by atoms with Gasteiger partial charge in [0.1, 0.15) is 5.52 Å². The van der Waals surface area contributed by atoms with Crippen molar-refractivity contribution < 1.29 is 9.21 Å². The van der Waals surface area contributed by atoms with Crippen LogP contribution in [0.4, 0.5) is 16.2 Å².